The first-order chi connectivity index (χ1) is 23.9. The first-order valence-corrected chi connectivity index (χ1v) is 18.2. The molecule has 0 aliphatic carbocycles. The van der Waals surface area contributed by atoms with Crippen molar-refractivity contribution in [2.45, 2.75) is 28.2 Å². The second kappa shape index (κ2) is 14.0. The molecule has 4 nitrogen and oxygen atoms in total. The Kier molecular flexibility index (Phi) is 10.4. The minimum absolute atomic E-state index is 0.135. The van der Waals surface area contributed by atoms with Crippen LogP contribution >= 0.6 is 18.5 Å². The van der Waals surface area contributed by atoms with Crippen LogP contribution < -0.4 is 15.9 Å². The zero-order valence-electron chi connectivity index (χ0n) is 25.6. The Morgan fingerprint density at radius 3 is 1.39 bits per heavy atom. The number of azo groups is 1. The molecule has 0 heterocycles. The highest BCUT2D eigenvalue weighted by atomic mass is 35.5. The lowest BCUT2D eigenvalue weighted by Gasteiger charge is -2.33. The van der Waals surface area contributed by atoms with E-state index in [1.807, 2.05) is 0 Å². The van der Waals surface area contributed by atoms with Gasteiger partial charge in [-0.2, -0.15) is 39.5 Å². The van der Waals surface area contributed by atoms with Gasteiger partial charge in [0.15, 0.2) is 0 Å². The number of halogens is 10. The molecule has 0 aliphatic rings. The fraction of sp³-hybridized carbons (Fsp3) is 0.114. The fourth-order valence-corrected chi connectivity index (χ4v) is 10.9. The Hall–Kier alpha value is -4.39. The van der Waals surface area contributed by atoms with E-state index in [1.165, 1.54) is 12.1 Å². The van der Waals surface area contributed by atoms with E-state index in [0.29, 0.717) is 32.6 Å². The lowest BCUT2D eigenvalue weighted by Crippen LogP contribution is -2.63. The van der Waals surface area contributed by atoms with Crippen molar-refractivity contribution in [3.05, 3.63) is 150 Å². The molecule has 51 heavy (non-hydrogen) atoms. The van der Waals surface area contributed by atoms with Crippen molar-refractivity contribution < 1.29 is 47.9 Å². The van der Waals surface area contributed by atoms with Gasteiger partial charge in [-0.25, -0.2) is 8.42 Å². The summed E-state index contributed by atoms with van der Waals surface area (Å²) in [5.41, 5.74) is -0.548. The number of nitrogens with zero attached hydrogens (tertiary/aromatic N) is 2. The third kappa shape index (κ3) is 6.49. The lowest BCUT2D eigenvalue weighted by atomic mass is 10.1. The summed E-state index contributed by atoms with van der Waals surface area (Å²) < 4.78 is 151. The van der Waals surface area contributed by atoms with Crippen LogP contribution in [0.5, 0.6) is 0 Å². The van der Waals surface area contributed by atoms with Crippen LogP contribution in [0, 0.1) is 0 Å². The summed E-state index contributed by atoms with van der Waals surface area (Å²) in [5.74, 6) is -14.9. The Morgan fingerprint density at radius 2 is 0.961 bits per heavy atom. The summed E-state index contributed by atoms with van der Waals surface area (Å²) >= 11 is 6.19. The average Bonchev–Trinajstić information content (AvgIpc) is 3.11. The second-order valence-electron chi connectivity index (χ2n) is 10.8. The number of sulfone groups is 1. The van der Waals surface area contributed by atoms with Gasteiger partial charge in [-0.3, -0.25) is 0 Å². The maximum absolute atomic E-state index is 15.0. The van der Waals surface area contributed by atoms with Crippen LogP contribution in [0.2, 0.25) is 5.02 Å². The number of benzene rings is 5. The van der Waals surface area contributed by atoms with Gasteiger partial charge in [0.1, 0.15) is 16.0 Å². The van der Waals surface area contributed by atoms with Gasteiger partial charge in [-0.05, 0) is 40.2 Å². The normalized spacial score (nSPS) is 13.4. The number of alkyl halides is 9. The topological polar surface area (TPSA) is 58.9 Å². The van der Waals surface area contributed by atoms with Gasteiger partial charge >= 0.3 is 23.3 Å². The molecule has 5 aromatic rings. The molecular formula is C35H23ClF9N2O2PS. The molecule has 266 valence electrons. The monoisotopic (exact) mass is 772 g/mol. The molecule has 0 spiro atoms. The van der Waals surface area contributed by atoms with Crippen molar-refractivity contribution in [2.75, 3.05) is 0 Å². The summed E-state index contributed by atoms with van der Waals surface area (Å²) in [7, 11) is -7.02. The Bertz CT molecular complexity index is 2100. The molecule has 5 rings (SSSR count). The first kappa shape index (κ1) is 37.9. The van der Waals surface area contributed by atoms with Crippen LogP contribution in [-0.4, -0.2) is 37.1 Å². The van der Waals surface area contributed by atoms with Crippen LogP contribution in [0.3, 0.4) is 0 Å². The first-order valence-electron chi connectivity index (χ1n) is 14.6. The molecule has 0 amide bonds. The lowest BCUT2D eigenvalue weighted by molar-refractivity contribution is -0.382. The molecule has 0 fully saturated rings. The van der Waals surface area contributed by atoms with Gasteiger partial charge < -0.3 is 0 Å². The molecule has 0 atom stereocenters. The molecule has 0 unspecified atom stereocenters. The van der Waals surface area contributed by atoms with Crippen molar-refractivity contribution in [3.63, 3.8) is 0 Å². The highest BCUT2D eigenvalue weighted by molar-refractivity contribution is 7.95. The van der Waals surface area contributed by atoms with Crippen LogP contribution in [-0.2, 0) is 9.84 Å². The van der Waals surface area contributed by atoms with Crippen molar-refractivity contribution in [1.82, 2.24) is 0 Å². The number of hydrogen-bond donors (Lipinski definition) is 0. The summed E-state index contributed by atoms with van der Waals surface area (Å²) in [5, 5.41) is 3.77. The third-order valence-electron chi connectivity index (χ3n) is 7.71. The van der Waals surface area contributed by atoms with Gasteiger partial charge in [0, 0.05) is 17.5 Å². The van der Waals surface area contributed by atoms with Crippen molar-refractivity contribution in [3.8, 4) is 0 Å². The minimum atomic E-state index is -7.44. The Balaban J connectivity index is 1.87. The molecule has 0 N–H and O–H groups in total. The molecular weight excluding hydrogens is 750 g/mol. The molecule has 0 saturated heterocycles. The van der Waals surface area contributed by atoms with Gasteiger partial charge in [0.2, 0.25) is 0 Å². The van der Waals surface area contributed by atoms with E-state index in [9.17, 15) is 39.2 Å². The molecule has 0 aromatic heterocycles. The van der Waals surface area contributed by atoms with E-state index in [1.54, 1.807) is 103 Å². The fourth-order valence-electron chi connectivity index (χ4n) is 5.22. The summed E-state index contributed by atoms with van der Waals surface area (Å²) in [6.07, 6.45) is -7.23. The largest absolute Gasteiger partial charge is 0.460 e. The minimum Gasteiger partial charge on any atom is -0.217 e. The van der Waals surface area contributed by atoms with Gasteiger partial charge in [-0.1, -0.05) is 127 Å². The SMILES string of the molecule is O=S(=O)(c1ccccc1N=NC(c1ccc(Cl)cc1)=P(c1ccccc1)(c1ccccc1)c1ccccc1)C(F)(F)C(F)(F)C(F)(F)C(F)(F)F. The van der Waals surface area contributed by atoms with E-state index in [0.717, 1.165) is 18.2 Å². The molecule has 0 saturated carbocycles. The predicted molar refractivity (Wildman–Crippen MR) is 180 cm³/mol. The predicted octanol–water partition coefficient (Wildman–Crippen LogP) is 9.80. The smallest absolute Gasteiger partial charge is 0.217 e. The van der Waals surface area contributed by atoms with Crippen molar-refractivity contribution in [2.24, 2.45) is 10.2 Å². The highest BCUT2D eigenvalue weighted by Crippen LogP contribution is 2.56. The van der Waals surface area contributed by atoms with Crippen LogP contribution in [0.15, 0.2) is 155 Å². The third-order valence-corrected chi connectivity index (χ3v) is 14.0. The molecule has 16 heteroatoms. The van der Waals surface area contributed by atoms with E-state index in [2.05, 4.69) is 10.2 Å². The van der Waals surface area contributed by atoms with Crippen molar-refractivity contribution >= 4 is 55.3 Å². The maximum Gasteiger partial charge on any atom is 0.460 e. The Labute approximate surface area is 291 Å². The van der Waals surface area contributed by atoms with Gasteiger partial charge in [-0.15, -0.1) is 10.2 Å². The van der Waals surface area contributed by atoms with E-state index in [-0.39, 0.29) is 5.42 Å². The summed E-state index contributed by atoms with van der Waals surface area (Å²) in [6, 6.07) is 35.8. The second-order valence-corrected chi connectivity index (χ2v) is 16.6. The zero-order chi connectivity index (χ0) is 37.3. The highest BCUT2D eigenvalue weighted by Gasteiger charge is 2.85. The number of hydrogen-bond acceptors (Lipinski definition) is 3. The van der Waals surface area contributed by atoms with Gasteiger partial charge in [0.05, 0.1) is 0 Å². The summed E-state index contributed by atoms with van der Waals surface area (Å²) in [4.78, 5) is -1.77. The molecule has 0 aliphatic heterocycles. The standard InChI is InChI=1S/C35H23ClF9N2O2PS/c36-25-22-20-24(21-23-25)31(50(26-12-4-1-5-13-26,27-14-6-2-7-15-27)28-16-8-3-9-17-28)47-46-29-18-10-11-19-30(29)51(48,49)35(44,45)33(39,40)32(37,38)34(41,42)43/h1-23H. The molecule has 0 radical (unpaired) electrons. The Morgan fingerprint density at radius 1 is 0.549 bits per heavy atom. The van der Waals surface area contributed by atoms with Gasteiger partial charge in [0.25, 0.3) is 9.84 Å². The zero-order valence-corrected chi connectivity index (χ0v) is 28.1. The summed E-state index contributed by atoms with van der Waals surface area (Å²) in [6.45, 7) is -3.22. The van der Waals surface area contributed by atoms with E-state index in [4.69, 9.17) is 11.6 Å². The number of rotatable bonds is 10. The average molecular weight is 773 g/mol. The van der Waals surface area contributed by atoms with Crippen LogP contribution in [0.25, 0.3) is 0 Å². The van der Waals surface area contributed by atoms with Crippen LogP contribution in [0.1, 0.15) is 5.56 Å². The molecule has 0 bridgehead atoms. The van der Waals surface area contributed by atoms with Crippen molar-refractivity contribution in [1.29, 1.82) is 0 Å². The van der Waals surface area contributed by atoms with E-state index < -0.39 is 50.6 Å². The maximum atomic E-state index is 15.0. The van der Waals surface area contributed by atoms with E-state index >= 15 is 8.78 Å². The quantitative estimate of drug-likeness (QED) is 0.0807. The molecule has 5 aromatic carbocycles. The van der Waals surface area contributed by atoms with Crippen LogP contribution in [0.4, 0.5) is 45.2 Å².